The Kier molecular flexibility index (Phi) is 8.70. The van der Waals surface area contributed by atoms with Crippen molar-refractivity contribution >= 4 is 40.9 Å². The molecule has 5 rings (SSSR count). The monoisotopic (exact) mass is 568 g/mol. The number of halogens is 2. The number of hydrogen-bond acceptors (Lipinski definition) is 7. The number of rotatable bonds is 7. The molecule has 1 aliphatic heterocycles. The molecule has 0 amide bonds. The van der Waals surface area contributed by atoms with E-state index in [2.05, 4.69) is 11.0 Å². The summed E-state index contributed by atoms with van der Waals surface area (Å²) in [4.78, 5) is 20.6. The van der Waals surface area contributed by atoms with Crippen LogP contribution in [0.2, 0.25) is 5.02 Å². The van der Waals surface area contributed by atoms with Gasteiger partial charge in [0, 0.05) is 37.3 Å². The van der Waals surface area contributed by atoms with Gasteiger partial charge in [-0.3, -0.25) is 9.36 Å². The van der Waals surface area contributed by atoms with Crippen LogP contribution in [-0.2, 0) is 13.6 Å². The van der Waals surface area contributed by atoms with Crippen molar-refractivity contribution in [2.75, 3.05) is 24.6 Å². The van der Waals surface area contributed by atoms with Crippen LogP contribution in [0.4, 0.5) is 5.82 Å². The third-order valence-electron chi connectivity index (χ3n) is 6.69. The van der Waals surface area contributed by atoms with Crippen molar-refractivity contribution in [1.29, 1.82) is 5.26 Å². The Balaban J connectivity index is 0.00000353. The maximum absolute atomic E-state index is 13.8. The molecule has 9 nitrogen and oxygen atoms in total. The fourth-order valence-corrected chi connectivity index (χ4v) is 5.11. The van der Waals surface area contributed by atoms with E-state index in [-0.39, 0.29) is 35.5 Å². The summed E-state index contributed by atoms with van der Waals surface area (Å²) in [7, 11) is 1.60. The maximum atomic E-state index is 13.8. The van der Waals surface area contributed by atoms with Crippen LogP contribution < -0.4 is 25.7 Å². The zero-order valence-electron chi connectivity index (χ0n) is 21.8. The van der Waals surface area contributed by atoms with Crippen LogP contribution in [0.3, 0.4) is 0 Å². The molecule has 4 aromatic rings. The summed E-state index contributed by atoms with van der Waals surface area (Å²) < 4.78 is 14.8. The summed E-state index contributed by atoms with van der Waals surface area (Å²) in [5.41, 5.74) is 7.71. The Morgan fingerprint density at radius 1 is 1.21 bits per heavy atom. The van der Waals surface area contributed by atoms with Crippen molar-refractivity contribution in [1.82, 2.24) is 14.1 Å². The molecule has 1 aliphatic rings. The second-order valence-electron chi connectivity index (χ2n) is 9.30. The van der Waals surface area contributed by atoms with Crippen LogP contribution in [0.25, 0.3) is 11.0 Å². The molecule has 1 atom stereocenters. The van der Waals surface area contributed by atoms with Crippen molar-refractivity contribution in [3.63, 3.8) is 0 Å². The Hall–Kier alpha value is -3.71. The highest BCUT2D eigenvalue weighted by molar-refractivity contribution is 6.31. The summed E-state index contributed by atoms with van der Waals surface area (Å²) in [6.07, 6.45) is 1.79. The van der Waals surface area contributed by atoms with E-state index < -0.39 is 0 Å². The number of fused-ring (bicyclic) bond motifs is 1. The van der Waals surface area contributed by atoms with Crippen molar-refractivity contribution in [2.24, 2.45) is 12.8 Å². The minimum absolute atomic E-state index is 0. The lowest BCUT2D eigenvalue weighted by Gasteiger charge is -2.33. The van der Waals surface area contributed by atoms with E-state index in [0.717, 1.165) is 24.9 Å². The molecule has 2 aromatic carbocycles. The van der Waals surface area contributed by atoms with Gasteiger partial charge in [-0.15, -0.1) is 12.4 Å². The van der Waals surface area contributed by atoms with Gasteiger partial charge in [0.05, 0.1) is 13.2 Å². The second kappa shape index (κ2) is 12.0. The second-order valence-corrected chi connectivity index (χ2v) is 9.71. The minimum atomic E-state index is -0.331. The molecular formula is C28H30Cl2N6O3. The molecule has 39 heavy (non-hydrogen) atoms. The Morgan fingerprint density at radius 2 is 1.97 bits per heavy atom. The standard InChI is InChI=1S/C28H29ClN6O3.ClH/c1-3-37-20-10-6-11-21(14-20)38-28-32-24-22(15-30)26(34-13-7-9-19(31)17-34)35(25(24)27(36)33(28)2)16-18-8-4-5-12-23(18)29;/h4-6,8,10-12,14,19H,3,7,9,13,16-17,31H2,1-2H3;1H/t19-;/m1./s1. The van der Waals surface area contributed by atoms with Gasteiger partial charge >= 0.3 is 6.01 Å². The molecule has 0 unspecified atom stereocenters. The number of nitriles is 1. The number of nitrogens with two attached hydrogens (primary N) is 1. The summed E-state index contributed by atoms with van der Waals surface area (Å²) in [6, 6.07) is 16.9. The number of aromatic nitrogens is 3. The first-order valence-electron chi connectivity index (χ1n) is 12.6. The average Bonchev–Trinajstić information content (AvgIpc) is 3.21. The molecule has 1 saturated heterocycles. The van der Waals surface area contributed by atoms with Gasteiger partial charge in [0.1, 0.15) is 40.0 Å². The molecule has 204 valence electrons. The third-order valence-corrected chi connectivity index (χ3v) is 7.06. The van der Waals surface area contributed by atoms with Gasteiger partial charge < -0.3 is 24.7 Å². The molecular weight excluding hydrogens is 539 g/mol. The van der Waals surface area contributed by atoms with E-state index in [0.29, 0.717) is 53.1 Å². The Morgan fingerprint density at radius 3 is 2.69 bits per heavy atom. The Bertz CT molecular complexity index is 1590. The van der Waals surface area contributed by atoms with Gasteiger partial charge in [0.2, 0.25) is 0 Å². The van der Waals surface area contributed by atoms with Crippen molar-refractivity contribution in [2.45, 2.75) is 32.4 Å². The molecule has 1 fully saturated rings. The topological polar surface area (TPSA) is 111 Å². The summed E-state index contributed by atoms with van der Waals surface area (Å²) in [6.45, 7) is 4.00. The van der Waals surface area contributed by atoms with Crippen molar-refractivity contribution in [3.8, 4) is 23.6 Å². The van der Waals surface area contributed by atoms with Crippen LogP contribution in [-0.4, -0.2) is 39.9 Å². The zero-order chi connectivity index (χ0) is 26.8. The van der Waals surface area contributed by atoms with E-state index in [1.165, 1.54) is 4.57 Å². The lowest BCUT2D eigenvalue weighted by Crippen LogP contribution is -2.44. The van der Waals surface area contributed by atoms with E-state index in [1.807, 2.05) is 41.8 Å². The minimum Gasteiger partial charge on any atom is -0.494 e. The van der Waals surface area contributed by atoms with Gasteiger partial charge in [-0.2, -0.15) is 10.2 Å². The number of benzene rings is 2. The van der Waals surface area contributed by atoms with Crippen LogP contribution in [0.1, 0.15) is 30.9 Å². The largest absolute Gasteiger partial charge is 0.494 e. The quantitative estimate of drug-likeness (QED) is 0.339. The molecule has 0 saturated carbocycles. The lowest BCUT2D eigenvalue weighted by molar-refractivity contribution is 0.337. The van der Waals surface area contributed by atoms with E-state index >= 15 is 0 Å². The van der Waals surface area contributed by atoms with Gasteiger partial charge in [0.15, 0.2) is 0 Å². The SMILES string of the molecule is CCOc1cccc(Oc2nc3c(C#N)c(N4CCC[C@@H](N)C4)n(Cc4ccccc4Cl)c3c(=O)n2C)c1.Cl. The predicted molar refractivity (Wildman–Crippen MR) is 155 cm³/mol. The molecule has 3 heterocycles. The first-order valence-corrected chi connectivity index (χ1v) is 13.0. The van der Waals surface area contributed by atoms with Gasteiger partial charge in [-0.25, -0.2) is 0 Å². The van der Waals surface area contributed by atoms with E-state index in [4.69, 9.17) is 31.8 Å². The summed E-state index contributed by atoms with van der Waals surface area (Å²) in [5, 5.41) is 10.9. The first kappa shape index (κ1) is 28.3. The lowest BCUT2D eigenvalue weighted by atomic mass is 10.1. The third kappa shape index (κ3) is 5.55. The molecule has 0 aliphatic carbocycles. The molecule has 2 aromatic heterocycles. The number of hydrogen-bond donors (Lipinski definition) is 1. The molecule has 11 heteroatoms. The van der Waals surface area contributed by atoms with Gasteiger partial charge in [-0.05, 0) is 43.5 Å². The fourth-order valence-electron chi connectivity index (χ4n) is 4.91. The number of piperidine rings is 1. The average molecular weight is 569 g/mol. The highest BCUT2D eigenvalue weighted by Crippen LogP contribution is 2.35. The fraction of sp³-hybridized carbons (Fsp3) is 0.321. The van der Waals surface area contributed by atoms with Crippen LogP contribution in [0, 0.1) is 11.3 Å². The van der Waals surface area contributed by atoms with Gasteiger partial charge in [0.25, 0.3) is 5.56 Å². The first-order chi connectivity index (χ1) is 18.4. The highest BCUT2D eigenvalue weighted by Gasteiger charge is 2.29. The van der Waals surface area contributed by atoms with Crippen molar-refractivity contribution < 1.29 is 9.47 Å². The van der Waals surface area contributed by atoms with Crippen LogP contribution in [0.5, 0.6) is 17.5 Å². The number of ether oxygens (including phenoxy) is 2. The normalized spacial score (nSPS) is 15.1. The number of anilines is 1. The number of nitrogens with zero attached hydrogens (tertiary/aromatic N) is 5. The van der Waals surface area contributed by atoms with Crippen molar-refractivity contribution in [3.05, 3.63) is 75.0 Å². The summed E-state index contributed by atoms with van der Waals surface area (Å²) in [5.74, 6) is 1.73. The summed E-state index contributed by atoms with van der Waals surface area (Å²) >= 11 is 6.51. The highest BCUT2D eigenvalue weighted by atomic mass is 35.5. The molecule has 0 radical (unpaired) electrons. The van der Waals surface area contributed by atoms with Gasteiger partial charge in [-0.1, -0.05) is 35.9 Å². The molecule has 0 bridgehead atoms. The van der Waals surface area contributed by atoms with Crippen LogP contribution in [0.15, 0.2) is 53.3 Å². The maximum Gasteiger partial charge on any atom is 0.305 e. The Labute approximate surface area is 237 Å². The smallest absolute Gasteiger partial charge is 0.305 e. The van der Waals surface area contributed by atoms with Crippen LogP contribution >= 0.6 is 24.0 Å². The predicted octanol–water partition coefficient (Wildman–Crippen LogP) is 4.85. The molecule has 2 N–H and O–H groups in total. The molecule has 0 spiro atoms. The van der Waals surface area contributed by atoms with E-state index in [1.54, 1.807) is 25.2 Å². The zero-order valence-corrected chi connectivity index (χ0v) is 23.3. The van der Waals surface area contributed by atoms with E-state index in [9.17, 15) is 10.1 Å².